The van der Waals surface area contributed by atoms with Crippen LogP contribution in [0, 0.1) is 11.3 Å². The summed E-state index contributed by atoms with van der Waals surface area (Å²) < 4.78 is 0. The molecule has 0 fully saturated rings. The van der Waals surface area contributed by atoms with Gasteiger partial charge in [-0.2, -0.15) is 5.26 Å². The fourth-order valence-corrected chi connectivity index (χ4v) is 0.764. The molecule has 0 saturated heterocycles. The van der Waals surface area contributed by atoms with Crippen LogP contribution in [0.25, 0.3) is 0 Å². The van der Waals surface area contributed by atoms with E-state index in [1.165, 1.54) is 13.8 Å². The molecule has 1 amide bonds. The molecule has 2 unspecified atom stereocenters. The number of carboxylic acid groups (broad SMARTS) is 2. The van der Waals surface area contributed by atoms with E-state index >= 15 is 0 Å². The number of amides is 1. The van der Waals surface area contributed by atoms with Crippen LogP contribution in [0.3, 0.4) is 0 Å². The smallest absolute Gasteiger partial charge is 0.325 e. The highest BCUT2D eigenvalue weighted by Crippen LogP contribution is 1.94. The van der Waals surface area contributed by atoms with Crippen molar-refractivity contribution in [1.29, 1.82) is 5.26 Å². The summed E-state index contributed by atoms with van der Waals surface area (Å²) >= 11 is 0. The van der Waals surface area contributed by atoms with Crippen molar-refractivity contribution in [1.82, 2.24) is 10.6 Å². The van der Waals surface area contributed by atoms with E-state index < -0.39 is 35.5 Å². The highest BCUT2D eigenvalue weighted by Gasteiger charge is 2.17. The lowest BCUT2D eigenvalue weighted by molar-refractivity contribution is -0.140. The minimum Gasteiger partial charge on any atom is -0.480 e. The molecule has 0 saturated carbocycles. The zero-order valence-electron chi connectivity index (χ0n) is 9.80. The summed E-state index contributed by atoms with van der Waals surface area (Å²) in [6.07, 6.45) is 0.933. The number of nitrogens with one attached hydrogen (secondary N) is 2. The van der Waals surface area contributed by atoms with E-state index in [-0.39, 0.29) is 0 Å². The minimum atomic E-state index is -1.24. The predicted octanol–water partition coefficient (Wildman–Crippen LogP) is -0.954. The largest absolute Gasteiger partial charge is 0.480 e. The van der Waals surface area contributed by atoms with Crippen LogP contribution < -0.4 is 10.6 Å². The van der Waals surface area contributed by atoms with E-state index in [1.807, 2.05) is 0 Å². The lowest BCUT2D eigenvalue weighted by atomic mass is 10.2. The molecule has 0 heterocycles. The third-order valence-corrected chi connectivity index (χ3v) is 1.93. The van der Waals surface area contributed by atoms with Gasteiger partial charge in [-0.1, -0.05) is 0 Å². The summed E-state index contributed by atoms with van der Waals surface area (Å²) in [7, 11) is 0. The number of nitrogens with zero attached hydrogens (tertiary/aromatic N) is 1. The second-order valence-electron chi connectivity index (χ2n) is 3.43. The molecule has 0 aromatic rings. The molecule has 0 aliphatic heterocycles. The monoisotopic (exact) mass is 255 g/mol. The third kappa shape index (κ3) is 4.98. The first-order valence-corrected chi connectivity index (χ1v) is 4.92. The lowest BCUT2D eigenvalue weighted by Gasteiger charge is -2.09. The van der Waals surface area contributed by atoms with Crippen LogP contribution in [0.4, 0.5) is 0 Å². The van der Waals surface area contributed by atoms with Crippen molar-refractivity contribution in [2.24, 2.45) is 0 Å². The fourth-order valence-electron chi connectivity index (χ4n) is 0.764. The molecular formula is C10H13N3O5. The molecule has 98 valence electrons. The Morgan fingerprint density at radius 2 is 1.67 bits per heavy atom. The van der Waals surface area contributed by atoms with Gasteiger partial charge in [-0.15, -0.1) is 0 Å². The highest BCUT2D eigenvalue weighted by atomic mass is 16.4. The first kappa shape index (κ1) is 15.4. The van der Waals surface area contributed by atoms with Crippen molar-refractivity contribution in [2.75, 3.05) is 0 Å². The van der Waals surface area contributed by atoms with E-state index in [9.17, 15) is 14.4 Å². The van der Waals surface area contributed by atoms with Crippen LogP contribution in [0.2, 0.25) is 0 Å². The van der Waals surface area contributed by atoms with Gasteiger partial charge >= 0.3 is 11.9 Å². The van der Waals surface area contributed by atoms with Gasteiger partial charge in [-0.25, -0.2) is 0 Å². The number of carboxylic acids is 2. The van der Waals surface area contributed by atoms with E-state index in [4.69, 9.17) is 15.5 Å². The molecule has 0 bridgehead atoms. The van der Waals surface area contributed by atoms with Gasteiger partial charge in [0, 0.05) is 6.20 Å². The first-order chi connectivity index (χ1) is 8.29. The second kappa shape index (κ2) is 6.90. The van der Waals surface area contributed by atoms with Gasteiger partial charge in [0.25, 0.3) is 5.91 Å². The van der Waals surface area contributed by atoms with Crippen molar-refractivity contribution in [2.45, 2.75) is 25.9 Å². The molecule has 2 atom stereocenters. The summed E-state index contributed by atoms with van der Waals surface area (Å²) in [5, 5.41) is 30.2. The normalized spacial score (nSPS) is 13.9. The molecule has 0 aliphatic carbocycles. The molecule has 0 aromatic carbocycles. The summed E-state index contributed by atoms with van der Waals surface area (Å²) in [5.41, 5.74) is -0.406. The van der Waals surface area contributed by atoms with Crippen molar-refractivity contribution in [3.05, 3.63) is 11.8 Å². The van der Waals surface area contributed by atoms with Gasteiger partial charge < -0.3 is 20.8 Å². The Balaban J connectivity index is 4.64. The van der Waals surface area contributed by atoms with Crippen LogP contribution in [0.5, 0.6) is 0 Å². The maximum absolute atomic E-state index is 11.4. The Bertz CT molecular complexity index is 424. The maximum Gasteiger partial charge on any atom is 0.325 e. The molecule has 0 spiro atoms. The average molecular weight is 255 g/mol. The van der Waals surface area contributed by atoms with Gasteiger partial charge in [0.2, 0.25) is 0 Å². The van der Waals surface area contributed by atoms with Crippen LogP contribution >= 0.6 is 0 Å². The highest BCUT2D eigenvalue weighted by molar-refractivity contribution is 5.99. The number of carbonyl (C=O) groups excluding carboxylic acids is 1. The Labute approximate surface area is 103 Å². The van der Waals surface area contributed by atoms with E-state index in [1.54, 1.807) is 6.07 Å². The molecule has 4 N–H and O–H groups in total. The summed E-state index contributed by atoms with van der Waals surface area (Å²) in [4.78, 5) is 32.4. The van der Waals surface area contributed by atoms with Gasteiger partial charge in [-0.3, -0.25) is 14.4 Å². The number of hydrogen-bond acceptors (Lipinski definition) is 5. The van der Waals surface area contributed by atoms with E-state index in [2.05, 4.69) is 10.6 Å². The molecule has 0 radical (unpaired) electrons. The quantitative estimate of drug-likeness (QED) is 0.354. The third-order valence-electron chi connectivity index (χ3n) is 1.93. The van der Waals surface area contributed by atoms with E-state index in [0.29, 0.717) is 0 Å². The molecule has 0 rings (SSSR count). The molecule has 0 aromatic heterocycles. The Morgan fingerprint density at radius 3 is 2.06 bits per heavy atom. The summed E-state index contributed by atoms with van der Waals surface area (Å²) in [6.45, 7) is 2.56. The minimum absolute atomic E-state index is 0.406. The maximum atomic E-state index is 11.4. The number of aliphatic carboxylic acids is 2. The average Bonchev–Trinajstić information content (AvgIpc) is 2.28. The molecule has 0 aliphatic rings. The van der Waals surface area contributed by atoms with Gasteiger partial charge in [0.15, 0.2) is 0 Å². The molecule has 8 nitrogen and oxygen atoms in total. The van der Waals surface area contributed by atoms with Crippen LogP contribution in [-0.2, 0) is 14.4 Å². The van der Waals surface area contributed by atoms with Gasteiger partial charge in [0.1, 0.15) is 23.7 Å². The van der Waals surface area contributed by atoms with Crippen molar-refractivity contribution < 1.29 is 24.6 Å². The fraction of sp³-hybridized carbons (Fsp3) is 0.400. The topological polar surface area (TPSA) is 140 Å². The van der Waals surface area contributed by atoms with Crippen LogP contribution in [0.15, 0.2) is 11.8 Å². The zero-order chi connectivity index (χ0) is 14.3. The van der Waals surface area contributed by atoms with E-state index in [0.717, 1.165) is 6.20 Å². The van der Waals surface area contributed by atoms with Crippen molar-refractivity contribution >= 4 is 17.8 Å². The van der Waals surface area contributed by atoms with Crippen LogP contribution in [0.1, 0.15) is 13.8 Å². The number of nitriles is 1. The van der Waals surface area contributed by atoms with Crippen molar-refractivity contribution in [3.8, 4) is 6.07 Å². The Morgan fingerprint density at radius 1 is 1.17 bits per heavy atom. The number of rotatable bonds is 6. The van der Waals surface area contributed by atoms with Crippen LogP contribution in [-0.4, -0.2) is 40.1 Å². The predicted molar refractivity (Wildman–Crippen MR) is 59.2 cm³/mol. The number of carbonyl (C=O) groups is 3. The molecule has 8 heteroatoms. The summed E-state index contributed by atoms with van der Waals surface area (Å²) in [5.74, 6) is -3.28. The summed E-state index contributed by atoms with van der Waals surface area (Å²) in [6, 6.07) is -0.580. The SMILES string of the molecule is CC(N/C=C(/C#N)C(=O)NC(C)C(=O)O)C(=O)O. The Kier molecular flexibility index (Phi) is 5.92. The molecule has 18 heavy (non-hydrogen) atoms. The standard InChI is InChI=1S/C10H13N3O5/c1-5(9(15)16)12-4-7(3-11)8(14)13-6(2)10(17)18/h4-6,12H,1-2H3,(H,13,14)(H,15,16)(H,17,18)/b7-4-. The second-order valence-corrected chi connectivity index (χ2v) is 3.43. The molecular weight excluding hydrogens is 242 g/mol. The van der Waals surface area contributed by atoms with Crippen molar-refractivity contribution in [3.63, 3.8) is 0 Å². The number of hydrogen-bond donors (Lipinski definition) is 4. The van der Waals surface area contributed by atoms with Gasteiger partial charge in [-0.05, 0) is 13.8 Å². The lowest BCUT2D eigenvalue weighted by Crippen LogP contribution is -2.39. The first-order valence-electron chi connectivity index (χ1n) is 4.92. The zero-order valence-corrected chi connectivity index (χ0v) is 9.80. The Hall–Kier alpha value is -2.56. The van der Waals surface area contributed by atoms with Gasteiger partial charge in [0.05, 0.1) is 0 Å².